The molecule has 0 bridgehead atoms. The van der Waals surface area contributed by atoms with Crippen molar-refractivity contribution >= 4 is 11.8 Å². The quantitative estimate of drug-likeness (QED) is 0.618. The number of methoxy groups -OCH3 is 1. The van der Waals surface area contributed by atoms with Crippen LogP contribution in [0.2, 0.25) is 0 Å². The van der Waals surface area contributed by atoms with E-state index in [1.807, 2.05) is 34.1 Å². The van der Waals surface area contributed by atoms with Crippen LogP contribution < -0.4 is 4.74 Å². The van der Waals surface area contributed by atoms with Crippen LogP contribution in [0.3, 0.4) is 0 Å². The van der Waals surface area contributed by atoms with Gasteiger partial charge in [0.2, 0.25) is 11.8 Å². The van der Waals surface area contributed by atoms with Crippen molar-refractivity contribution in [3.05, 3.63) is 29.8 Å². The SMILES string of the molecule is CCCCN1C(=O)CC(C(=O)N2CCN(CC3CCCO3)CC2)C1c1ccc(OC)cc1. The highest BCUT2D eigenvalue weighted by Gasteiger charge is 2.45. The summed E-state index contributed by atoms with van der Waals surface area (Å²) in [5.41, 5.74) is 1.02. The predicted molar refractivity (Wildman–Crippen MR) is 122 cm³/mol. The summed E-state index contributed by atoms with van der Waals surface area (Å²) < 4.78 is 11.1. The Morgan fingerprint density at radius 1 is 1.16 bits per heavy atom. The predicted octanol–water partition coefficient (Wildman–Crippen LogP) is 2.71. The molecule has 3 heterocycles. The third kappa shape index (κ3) is 5.09. The van der Waals surface area contributed by atoms with Crippen molar-refractivity contribution in [3.8, 4) is 5.75 Å². The molecule has 1 aromatic rings. The Morgan fingerprint density at radius 3 is 2.53 bits per heavy atom. The molecule has 3 atom stereocenters. The molecule has 3 unspecified atom stereocenters. The van der Waals surface area contributed by atoms with Crippen LogP contribution in [0.5, 0.6) is 5.75 Å². The monoisotopic (exact) mass is 443 g/mol. The van der Waals surface area contributed by atoms with Gasteiger partial charge in [0.15, 0.2) is 0 Å². The van der Waals surface area contributed by atoms with Crippen LogP contribution in [0.4, 0.5) is 0 Å². The summed E-state index contributed by atoms with van der Waals surface area (Å²) in [6, 6.07) is 7.64. The maximum atomic E-state index is 13.6. The molecule has 0 N–H and O–H groups in total. The lowest BCUT2D eigenvalue weighted by Gasteiger charge is -2.38. The molecule has 176 valence electrons. The number of hydrogen-bond acceptors (Lipinski definition) is 5. The number of amides is 2. The summed E-state index contributed by atoms with van der Waals surface area (Å²) in [5.74, 6) is 0.672. The van der Waals surface area contributed by atoms with Gasteiger partial charge in [0.05, 0.1) is 25.2 Å². The average molecular weight is 444 g/mol. The molecule has 1 aromatic carbocycles. The molecule has 2 amide bonds. The first kappa shape index (κ1) is 23.1. The van der Waals surface area contributed by atoms with E-state index in [2.05, 4.69) is 11.8 Å². The second-order valence-corrected chi connectivity index (χ2v) is 9.23. The van der Waals surface area contributed by atoms with Crippen LogP contribution in [0.15, 0.2) is 24.3 Å². The standard InChI is InChI=1S/C25H37N3O4/c1-3-4-11-28-23(29)17-22(24(28)19-7-9-20(31-2)10-8-19)25(30)27-14-12-26(13-15-27)18-21-6-5-16-32-21/h7-10,21-22,24H,3-6,11-18H2,1-2H3. The minimum atomic E-state index is -0.322. The molecule has 0 saturated carbocycles. The highest BCUT2D eigenvalue weighted by Crippen LogP contribution is 2.40. The normalized spacial score (nSPS) is 26.7. The average Bonchev–Trinajstić information content (AvgIpc) is 3.45. The van der Waals surface area contributed by atoms with Crippen LogP contribution in [-0.4, -0.2) is 85.6 Å². The van der Waals surface area contributed by atoms with Gasteiger partial charge in [-0.15, -0.1) is 0 Å². The summed E-state index contributed by atoms with van der Waals surface area (Å²) >= 11 is 0. The molecule has 32 heavy (non-hydrogen) atoms. The molecule has 0 aliphatic carbocycles. The second-order valence-electron chi connectivity index (χ2n) is 9.23. The second kappa shape index (κ2) is 10.7. The van der Waals surface area contributed by atoms with E-state index < -0.39 is 0 Å². The molecular formula is C25H37N3O4. The van der Waals surface area contributed by atoms with E-state index in [0.29, 0.717) is 19.1 Å². The Kier molecular flexibility index (Phi) is 7.68. The number of nitrogens with zero attached hydrogens (tertiary/aromatic N) is 3. The number of carbonyl (C=O) groups excluding carboxylic acids is 2. The number of ether oxygens (including phenoxy) is 2. The molecular weight excluding hydrogens is 406 g/mol. The van der Waals surface area contributed by atoms with Gasteiger partial charge in [-0.2, -0.15) is 0 Å². The van der Waals surface area contributed by atoms with Crippen molar-refractivity contribution in [2.75, 3.05) is 53.0 Å². The zero-order chi connectivity index (χ0) is 22.5. The lowest BCUT2D eigenvalue weighted by Crippen LogP contribution is -2.52. The fraction of sp³-hybridized carbons (Fsp3) is 0.680. The van der Waals surface area contributed by atoms with Crippen molar-refractivity contribution in [2.24, 2.45) is 5.92 Å². The lowest BCUT2D eigenvalue weighted by atomic mass is 9.91. The van der Waals surface area contributed by atoms with Gasteiger partial charge >= 0.3 is 0 Å². The molecule has 3 saturated heterocycles. The van der Waals surface area contributed by atoms with Gasteiger partial charge in [-0.3, -0.25) is 14.5 Å². The molecule has 7 heteroatoms. The summed E-state index contributed by atoms with van der Waals surface area (Å²) in [7, 11) is 1.65. The first-order valence-electron chi connectivity index (χ1n) is 12.2. The van der Waals surface area contributed by atoms with E-state index in [0.717, 1.165) is 76.3 Å². The number of likely N-dealkylation sites (tertiary alicyclic amines) is 1. The van der Waals surface area contributed by atoms with Crippen LogP contribution in [0.25, 0.3) is 0 Å². The number of carbonyl (C=O) groups is 2. The minimum Gasteiger partial charge on any atom is -0.497 e. The number of unbranched alkanes of at least 4 members (excludes halogenated alkanes) is 1. The van der Waals surface area contributed by atoms with Crippen molar-refractivity contribution in [2.45, 2.75) is 51.2 Å². The summed E-state index contributed by atoms with van der Waals surface area (Å²) in [5, 5.41) is 0. The van der Waals surface area contributed by atoms with E-state index in [-0.39, 0.29) is 23.8 Å². The fourth-order valence-electron chi connectivity index (χ4n) is 5.28. The first-order valence-corrected chi connectivity index (χ1v) is 12.2. The molecule has 3 aliphatic rings. The topological polar surface area (TPSA) is 62.3 Å². The maximum Gasteiger partial charge on any atom is 0.228 e. The van der Waals surface area contributed by atoms with E-state index in [4.69, 9.17) is 9.47 Å². The van der Waals surface area contributed by atoms with Gasteiger partial charge in [-0.25, -0.2) is 0 Å². The Hall–Kier alpha value is -2.12. The Labute approximate surface area is 191 Å². The summed E-state index contributed by atoms with van der Waals surface area (Å²) in [6.07, 6.45) is 4.90. The summed E-state index contributed by atoms with van der Waals surface area (Å²) in [4.78, 5) is 32.9. The fourth-order valence-corrected chi connectivity index (χ4v) is 5.28. The zero-order valence-corrected chi connectivity index (χ0v) is 19.5. The highest BCUT2D eigenvalue weighted by molar-refractivity contribution is 5.90. The molecule has 3 fully saturated rings. The number of piperazine rings is 1. The van der Waals surface area contributed by atoms with Gasteiger partial charge in [0, 0.05) is 52.3 Å². The molecule has 4 rings (SSSR count). The van der Waals surface area contributed by atoms with Crippen molar-refractivity contribution in [1.82, 2.24) is 14.7 Å². The number of benzene rings is 1. The Morgan fingerprint density at radius 2 is 1.91 bits per heavy atom. The van der Waals surface area contributed by atoms with Crippen molar-refractivity contribution in [3.63, 3.8) is 0 Å². The molecule has 0 radical (unpaired) electrons. The van der Waals surface area contributed by atoms with Crippen LogP contribution in [0, 0.1) is 5.92 Å². The molecule has 7 nitrogen and oxygen atoms in total. The number of rotatable bonds is 8. The zero-order valence-electron chi connectivity index (χ0n) is 19.5. The first-order chi connectivity index (χ1) is 15.6. The van der Waals surface area contributed by atoms with E-state index >= 15 is 0 Å². The van der Waals surface area contributed by atoms with Crippen LogP contribution >= 0.6 is 0 Å². The van der Waals surface area contributed by atoms with Gasteiger partial charge in [-0.05, 0) is 37.0 Å². The third-order valence-electron chi connectivity index (χ3n) is 7.13. The van der Waals surface area contributed by atoms with Gasteiger partial charge in [0.25, 0.3) is 0 Å². The lowest BCUT2D eigenvalue weighted by molar-refractivity contribution is -0.138. The van der Waals surface area contributed by atoms with Crippen molar-refractivity contribution in [1.29, 1.82) is 0 Å². The van der Waals surface area contributed by atoms with Crippen LogP contribution in [-0.2, 0) is 14.3 Å². The third-order valence-corrected chi connectivity index (χ3v) is 7.13. The van der Waals surface area contributed by atoms with Crippen LogP contribution in [0.1, 0.15) is 50.6 Å². The van der Waals surface area contributed by atoms with Gasteiger partial charge in [0.1, 0.15) is 5.75 Å². The molecule has 0 spiro atoms. The molecule has 0 aromatic heterocycles. The minimum absolute atomic E-state index is 0.0923. The Bertz CT molecular complexity index is 770. The van der Waals surface area contributed by atoms with E-state index in [9.17, 15) is 9.59 Å². The van der Waals surface area contributed by atoms with Gasteiger partial charge < -0.3 is 19.3 Å². The van der Waals surface area contributed by atoms with Crippen molar-refractivity contribution < 1.29 is 19.1 Å². The largest absolute Gasteiger partial charge is 0.497 e. The van der Waals surface area contributed by atoms with E-state index in [1.165, 1.54) is 0 Å². The summed E-state index contributed by atoms with van der Waals surface area (Å²) in [6.45, 7) is 7.86. The number of hydrogen-bond donors (Lipinski definition) is 0. The molecule has 3 aliphatic heterocycles. The highest BCUT2D eigenvalue weighted by atomic mass is 16.5. The Balaban J connectivity index is 1.44. The van der Waals surface area contributed by atoms with E-state index in [1.54, 1.807) is 7.11 Å². The van der Waals surface area contributed by atoms with Gasteiger partial charge in [-0.1, -0.05) is 25.5 Å². The maximum absolute atomic E-state index is 13.6. The smallest absolute Gasteiger partial charge is 0.228 e.